The summed E-state index contributed by atoms with van der Waals surface area (Å²) in [5, 5.41) is 5.51. The van der Waals surface area contributed by atoms with Crippen LogP contribution >= 0.6 is 11.3 Å². The molecule has 33 heavy (non-hydrogen) atoms. The van der Waals surface area contributed by atoms with Crippen LogP contribution < -0.4 is 10.6 Å². The molecule has 2 saturated heterocycles. The third-order valence-corrected chi connectivity index (χ3v) is 10.2. The lowest BCUT2D eigenvalue weighted by Crippen LogP contribution is -2.50. The number of thiophene rings is 1. The summed E-state index contributed by atoms with van der Waals surface area (Å²) in [6.07, 6.45) is 4.03. The molecule has 3 aliphatic rings. The Labute approximate surface area is 197 Å². The van der Waals surface area contributed by atoms with Crippen molar-refractivity contribution in [1.82, 2.24) is 19.8 Å². The Morgan fingerprint density at radius 1 is 1.24 bits per heavy atom. The van der Waals surface area contributed by atoms with E-state index in [4.69, 9.17) is 4.74 Å². The normalized spacial score (nSPS) is 26.6. The molecule has 0 aromatic carbocycles. The molecule has 4 amide bonds. The van der Waals surface area contributed by atoms with Crippen LogP contribution in [0.15, 0.2) is 16.3 Å². The Balaban J connectivity index is 1.31. The molecule has 2 aliphatic heterocycles. The van der Waals surface area contributed by atoms with Gasteiger partial charge in [0.2, 0.25) is 5.91 Å². The fraction of sp³-hybridized carbons (Fsp3) is 0.667. The van der Waals surface area contributed by atoms with Crippen molar-refractivity contribution >= 4 is 39.2 Å². The van der Waals surface area contributed by atoms with E-state index in [2.05, 4.69) is 17.6 Å². The number of imide groups is 1. The molecule has 1 aromatic heterocycles. The van der Waals surface area contributed by atoms with Gasteiger partial charge in [0.05, 0.1) is 19.8 Å². The predicted molar refractivity (Wildman–Crippen MR) is 121 cm³/mol. The second kappa shape index (κ2) is 9.69. The Hall–Kier alpha value is -2.02. The number of carbonyl (C=O) groups excluding carboxylic acids is 3. The van der Waals surface area contributed by atoms with Gasteiger partial charge in [-0.25, -0.2) is 13.2 Å². The first-order chi connectivity index (χ1) is 15.7. The smallest absolute Gasteiger partial charge is 0.325 e. The molecule has 1 saturated carbocycles. The van der Waals surface area contributed by atoms with E-state index in [1.54, 1.807) is 6.07 Å². The highest BCUT2D eigenvalue weighted by molar-refractivity contribution is 7.91. The number of urea groups is 1. The molecule has 3 fully saturated rings. The Kier molecular flexibility index (Phi) is 7.08. The van der Waals surface area contributed by atoms with Crippen molar-refractivity contribution in [3.05, 3.63) is 17.0 Å². The number of carbonyl (C=O) groups is 3. The van der Waals surface area contributed by atoms with Crippen molar-refractivity contribution in [3.8, 4) is 0 Å². The lowest BCUT2D eigenvalue weighted by Gasteiger charge is -2.34. The summed E-state index contributed by atoms with van der Waals surface area (Å²) < 4.78 is 32.3. The van der Waals surface area contributed by atoms with Gasteiger partial charge in [-0.1, -0.05) is 13.3 Å². The Bertz CT molecular complexity index is 1010. The van der Waals surface area contributed by atoms with Crippen molar-refractivity contribution in [2.24, 2.45) is 5.92 Å². The fourth-order valence-electron chi connectivity index (χ4n) is 4.63. The third kappa shape index (κ3) is 4.93. The van der Waals surface area contributed by atoms with E-state index in [-0.39, 0.29) is 23.2 Å². The molecule has 12 heteroatoms. The van der Waals surface area contributed by atoms with Gasteiger partial charge in [0.1, 0.15) is 16.3 Å². The van der Waals surface area contributed by atoms with Crippen LogP contribution in [0.1, 0.15) is 43.9 Å². The van der Waals surface area contributed by atoms with Gasteiger partial charge in [0.15, 0.2) is 0 Å². The van der Waals surface area contributed by atoms with Crippen LogP contribution in [0, 0.1) is 5.92 Å². The van der Waals surface area contributed by atoms with Crippen molar-refractivity contribution in [3.63, 3.8) is 0 Å². The van der Waals surface area contributed by atoms with E-state index in [1.807, 2.05) is 0 Å². The Morgan fingerprint density at radius 3 is 2.61 bits per heavy atom. The standard InChI is InChI=1S/C21H30N4O6S2/c1-2-15-5-7-21(8-6-15)19(27)25(20(28)23-21)14-17(26)22-13-16-3-4-18(32-16)33(29,30)24-9-11-31-12-10-24/h3-4,15H,2,5-14H2,1H3,(H,22,26)(H,23,28). The highest BCUT2D eigenvalue weighted by Gasteiger charge is 2.52. The minimum Gasteiger partial charge on any atom is -0.379 e. The average Bonchev–Trinajstić information content (AvgIpc) is 3.39. The lowest BCUT2D eigenvalue weighted by atomic mass is 9.75. The van der Waals surface area contributed by atoms with E-state index < -0.39 is 27.5 Å². The van der Waals surface area contributed by atoms with Gasteiger partial charge in [-0.15, -0.1) is 11.3 Å². The van der Waals surface area contributed by atoms with E-state index >= 15 is 0 Å². The lowest BCUT2D eigenvalue weighted by molar-refractivity contribution is -0.136. The monoisotopic (exact) mass is 498 g/mol. The summed E-state index contributed by atoms with van der Waals surface area (Å²) in [6.45, 7) is 3.28. The second-order valence-corrected chi connectivity index (χ2v) is 12.1. The number of nitrogens with zero attached hydrogens (tertiary/aromatic N) is 2. The molecule has 3 heterocycles. The zero-order valence-corrected chi connectivity index (χ0v) is 20.3. The van der Waals surface area contributed by atoms with Crippen molar-refractivity contribution in [2.75, 3.05) is 32.8 Å². The fourth-order valence-corrected chi connectivity index (χ4v) is 7.49. The van der Waals surface area contributed by atoms with Gasteiger partial charge in [-0.3, -0.25) is 14.5 Å². The number of morpholine rings is 1. The highest BCUT2D eigenvalue weighted by Crippen LogP contribution is 2.37. The van der Waals surface area contributed by atoms with Crippen LogP contribution in [0.5, 0.6) is 0 Å². The molecule has 182 valence electrons. The first-order valence-electron chi connectivity index (χ1n) is 11.3. The number of nitrogens with one attached hydrogen (secondary N) is 2. The van der Waals surface area contributed by atoms with E-state index in [1.165, 1.54) is 10.4 Å². The molecular formula is C21H30N4O6S2. The zero-order valence-electron chi connectivity index (χ0n) is 18.7. The number of sulfonamides is 1. The van der Waals surface area contributed by atoms with Crippen LogP contribution in [-0.2, 0) is 30.9 Å². The van der Waals surface area contributed by atoms with Crippen molar-refractivity contribution in [1.29, 1.82) is 0 Å². The number of hydrogen-bond donors (Lipinski definition) is 2. The molecule has 1 aromatic rings. The van der Waals surface area contributed by atoms with Crippen LogP contribution in [0.4, 0.5) is 4.79 Å². The number of hydrogen-bond acceptors (Lipinski definition) is 7. The van der Waals surface area contributed by atoms with Crippen LogP contribution in [0.25, 0.3) is 0 Å². The van der Waals surface area contributed by atoms with Gasteiger partial charge >= 0.3 is 6.03 Å². The molecule has 10 nitrogen and oxygen atoms in total. The maximum Gasteiger partial charge on any atom is 0.325 e. The molecule has 1 spiro atoms. The molecule has 0 bridgehead atoms. The van der Waals surface area contributed by atoms with Crippen molar-refractivity contribution in [2.45, 2.75) is 55.3 Å². The maximum absolute atomic E-state index is 12.9. The molecule has 0 unspecified atom stereocenters. The summed E-state index contributed by atoms with van der Waals surface area (Å²) in [7, 11) is -3.58. The van der Waals surface area contributed by atoms with E-state index in [0.29, 0.717) is 49.9 Å². The summed E-state index contributed by atoms with van der Waals surface area (Å²) in [5.74, 6) is -0.226. The van der Waals surface area contributed by atoms with Gasteiger partial charge in [0.25, 0.3) is 15.9 Å². The van der Waals surface area contributed by atoms with Gasteiger partial charge in [-0.2, -0.15) is 4.31 Å². The molecule has 4 rings (SSSR count). The van der Waals surface area contributed by atoms with Gasteiger partial charge < -0.3 is 15.4 Å². The second-order valence-electron chi connectivity index (χ2n) is 8.77. The topological polar surface area (TPSA) is 125 Å². The summed E-state index contributed by atoms with van der Waals surface area (Å²) in [5.41, 5.74) is -0.875. The first-order valence-corrected chi connectivity index (χ1v) is 13.6. The quantitative estimate of drug-likeness (QED) is 0.546. The maximum atomic E-state index is 12.9. The van der Waals surface area contributed by atoms with E-state index in [0.717, 1.165) is 35.5 Å². The third-order valence-electron chi connectivity index (χ3n) is 6.74. The summed E-state index contributed by atoms with van der Waals surface area (Å²) in [4.78, 5) is 39.5. The predicted octanol–water partition coefficient (Wildman–Crippen LogP) is 1.28. The molecule has 0 radical (unpaired) electrons. The largest absolute Gasteiger partial charge is 0.379 e. The minimum absolute atomic E-state index is 0.120. The number of rotatable bonds is 7. The molecule has 2 N–H and O–H groups in total. The first kappa shape index (κ1) is 24.1. The SMILES string of the molecule is CCC1CCC2(CC1)NC(=O)N(CC(=O)NCc1ccc(S(=O)(=O)N3CCOCC3)s1)C2=O. The minimum atomic E-state index is -3.58. The Morgan fingerprint density at radius 2 is 1.94 bits per heavy atom. The molecule has 0 atom stereocenters. The molecular weight excluding hydrogens is 468 g/mol. The zero-order chi connectivity index (χ0) is 23.6. The number of ether oxygens (including phenoxy) is 1. The van der Waals surface area contributed by atoms with Gasteiger partial charge in [-0.05, 0) is 43.7 Å². The number of amides is 4. The van der Waals surface area contributed by atoms with Gasteiger partial charge in [0, 0.05) is 18.0 Å². The average molecular weight is 499 g/mol. The summed E-state index contributed by atoms with van der Waals surface area (Å²) in [6, 6.07) is 2.66. The van der Waals surface area contributed by atoms with Crippen LogP contribution in [-0.4, -0.2) is 73.9 Å². The molecule has 1 aliphatic carbocycles. The van der Waals surface area contributed by atoms with E-state index in [9.17, 15) is 22.8 Å². The van der Waals surface area contributed by atoms with Crippen LogP contribution in [0.3, 0.4) is 0 Å². The van der Waals surface area contributed by atoms with Crippen molar-refractivity contribution < 1.29 is 27.5 Å². The highest BCUT2D eigenvalue weighted by atomic mass is 32.2. The summed E-state index contributed by atoms with van der Waals surface area (Å²) >= 11 is 1.09. The van der Waals surface area contributed by atoms with Crippen LogP contribution in [0.2, 0.25) is 0 Å².